The van der Waals surface area contributed by atoms with Gasteiger partial charge in [-0.15, -0.1) is 0 Å². The van der Waals surface area contributed by atoms with E-state index in [1.807, 2.05) is 0 Å². The van der Waals surface area contributed by atoms with Crippen LogP contribution in [0.3, 0.4) is 0 Å². The average Bonchev–Trinajstić information content (AvgIpc) is 2.96. The van der Waals surface area contributed by atoms with Crippen molar-refractivity contribution >= 4 is 9.84 Å². The molecule has 0 radical (unpaired) electrons. The third-order valence-corrected chi connectivity index (χ3v) is 5.64. The molecule has 1 aliphatic rings. The number of ether oxygens (including phenoxy) is 1. The summed E-state index contributed by atoms with van der Waals surface area (Å²) < 4.78 is 81.3. The van der Waals surface area contributed by atoms with E-state index in [-0.39, 0.29) is 41.0 Å². The minimum absolute atomic E-state index is 0.0165. The largest absolute Gasteiger partial charge is 0.501 e. The number of benzene rings is 2. The molecule has 0 aromatic heterocycles. The molecule has 1 atom stereocenters. The number of rotatable bonds is 3. The van der Waals surface area contributed by atoms with Crippen molar-refractivity contribution in [2.75, 3.05) is 0 Å². The minimum Gasteiger partial charge on any atom is -0.457 e. The Morgan fingerprint density at radius 1 is 1.22 bits per heavy atom. The Labute approximate surface area is 151 Å². The molecular formula is C17H11F4NO4S. The fraction of sp³-hybridized carbons (Fsp3) is 0.235. The molecular weight excluding hydrogens is 390 g/mol. The SMILES string of the molecule is N#Cc1cc(F)cc(Oc2ccc(S(=O)(=O)C(F)(F)F)c3c2CC[C@H]3O)c1. The lowest BCUT2D eigenvalue weighted by atomic mass is 10.1. The number of aliphatic hydroxyl groups is 1. The molecule has 0 amide bonds. The third kappa shape index (κ3) is 3.36. The maximum Gasteiger partial charge on any atom is 0.501 e. The summed E-state index contributed by atoms with van der Waals surface area (Å²) in [7, 11) is -5.66. The third-order valence-electron chi connectivity index (χ3n) is 4.10. The number of hydrogen-bond donors (Lipinski definition) is 1. The van der Waals surface area contributed by atoms with Crippen LogP contribution >= 0.6 is 0 Å². The fourth-order valence-corrected chi connectivity index (χ4v) is 3.98. The number of sulfone groups is 1. The smallest absolute Gasteiger partial charge is 0.457 e. The molecule has 0 unspecified atom stereocenters. The van der Waals surface area contributed by atoms with Crippen molar-refractivity contribution in [1.29, 1.82) is 5.26 Å². The van der Waals surface area contributed by atoms with Gasteiger partial charge in [0.15, 0.2) is 0 Å². The van der Waals surface area contributed by atoms with Gasteiger partial charge in [-0.3, -0.25) is 0 Å². The van der Waals surface area contributed by atoms with Crippen LogP contribution < -0.4 is 4.74 Å². The van der Waals surface area contributed by atoms with Gasteiger partial charge in [-0.1, -0.05) is 0 Å². The van der Waals surface area contributed by atoms with E-state index < -0.39 is 32.2 Å². The predicted molar refractivity (Wildman–Crippen MR) is 84.2 cm³/mol. The van der Waals surface area contributed by atoms with Gasteiger partial charge in [-0.25, -0.2) is 12.8 Å². The number of aliphatic hydroxyl groups excluding tert-OH is 1. The highest BCUT2D eigenvalue weighted by atomic mass is 32.2. The second-order valence-electron chi connectivity index (χ2n) is 5.85. The molecule has 0 aliphatic heterocycles. The second kappa shape index (κ2) is 6.51. The van der Waals surface area contributed by atoms with Crippen molar-refractivity contribution in [1.82, 2.24) is 0 Å². The summed E-state index contributed by atoms with van der Waals surface area (Å²) in [6, 6.07) is 6.63. The Balaban J connectivity index is 2.11. The van der Waals surface area contributed by atoms with Crippen molar-refractivity contribution in [3.63, 3.8) is 0 Å². The number of fused-ring (bicyclic) bond motifs is 1. The van der Waals surface area contributed by atoms with Crippen LogP contribution in [-0.2, 0) is 16.3 Å². The van der Waals surface area contributed by atoms with Gasteiger partial charge < -0.3 is 9.84 Å². The molecule has 142 valence electrons. The molecule has 2 aromatic carbocycles. The van der Waals surface area contributed by atoms with Crippen LogP contribution in [0.15, 0.2) is 35.2 Å². The summed E-state index contributed by atoms with van der Waals surface area (Å²) in [5.41, 5.74) is -5.83. The lowest BCUT2D eigenvalue weighted by Gasteiger charge is -2.17. The van der Waals surface area contributed by atoms with Gasteiger partial charge in [-0.05, 0) is 37.1 Å². The average molecular weight is 401 g/mol. The van der Waals surface area contributed by atoms with E-state index in [0.29, 0.717) is 6.07 Å². The maximum absolute atomic E-state index is 13.5. The van der Waals surface area contributed by atoms with Gasteiger partial charge in [0.2, 0.25) is 0 Å². The Hall–Kier alpha value is -2.64. The van der Waals surface area contributed by atoms with Crippen molar-refractivity contribution in [2.45, 2.75) is 29.3 Å². The van der Waals surface area contributed by atoms with Gasteiger partial charge in [-0.2, -0.15) is 18.4 Å². The first-order valence-corrected chi connectivity index (χ1v) is 9.06. The zero-order valence-corrected chi connectivity index (χ0v) is 14.2. The summed E-state index contributed by atoms with van der Waals surface area (Å²) in [6.45, 7) is 0. The first-order chi connectivity index (χ1) is 12.5. The maximum atomic E-state index is 13.5. The summed E-state index contributed by atoms with van der Waals surface area (Å²) in [5.74, 6) is -0.851. The standard InChI is InChI=1S/C17H11F4NO4S/c18-10-5-9(8-22)6-11(7-10)26-14-3-4-15(27(24,25)17(19,20)21)16-12(14)1-2-13(16)23/h3-7,13,23H,1-2H2/t13-/m1/s1. The van der Waals surface area contributed by atoms with Gasteiger partial charge in [0.05, 0.1) is 22.6 Å². The molecule has 1 N–H and O–H groups in total. The highest BCUT2D eigenvalue weighted by Crippen LogP contribution is 2.45. The van der Waals surface area contributed by atoms with Crippen LogP contribution in [0.25, 0.3) is 0 Å². The van der Waals surface area contributed by atoms with Crippen molar-refractivity contribution in [2.24, 2.45) is 0 Å². The molecule has 1 aliphatic carbocycles. The van der Waals surface area contributed by atoms with E-state index in [0.717, 1.165) is 18.2 Å². The topological polar surface area (TPSA) is 87.4 Å². The normalized spacial score (nSPS) is 16.7. The van der Waals surface area contributed by atoms with E-state index >= 15 is 0 Å². The molecule has 0 fully saturated rings. The van der Waals surface area contributed by atoms with Crippen molar-refractivity contribution in [3.05, 3.63) is 52.8 Å². The van der Waals surface area contributed by atoms with Crippen molar-refractivity contribution < 1.29 is 35.8 Å². The summed E-state index contributed by atoms with van der Waals surface area (Å²) in [4.78, 5) is -1.03. The van der Waals surface area contributed by atoms with E-state index in [4.69, 9.17) is 10.00 Å². The molecule has 2 aromatic rings. The predicted octanol–water partition coefficient (Wildman–Crippen LogP) is 3.76. The van der Waals surface area contributed by atoms with Gasteiger partial charge in [0.1, 0.15) is 17.3 Å². The molecule has 5 nitrogen and oxygen atoms in total. The molecule has 3 rings (SSSR count). The van der Waals surface area contributed by atoms with Crippen LogP contribution in [-0.4, -0.2) is 19.0 Å². The molecule has 0 saturated carbocycles. The molecule has 0 heterocycles. The van der Waals surface area contributed by atoms with E-state index in [9.17, 15) is 31.1 Å². The molecule has 0 bridgehead atoms. The molecule has 10 heteroatoms. The summed E-state index contributed by atoms with van der Waals surface area (Å²) in [6.07, 6.45) is -1.31. The zero-order chi connectivity index (χ0) is 20.0. The van der Waals surface area contributed by atoms with E-state index in [1.54, 1.807) is 6.07 Å². The number of nitriles is 1. The fourth-order valence-electron chi connectivity index (χ4n) is 2.94. The Kier molecular flexibility index (Phi) is 4.61. The second-order valence-corrected chi connectivity index (χ2v) is 7.76. The van der Waals surface area contributed by atoms with Gasteiger partial charge in [0.25, 0.3) is 9.84 Å². The Morgan fingerprint density at radius 2 is 1.93 bits per heavy atom. The molecule has 0 saturated heterocycles. The van der Waals surface area contributed by atoms with Crippen molar-refractivity contribution in [3.8, 4) is 17.6 Å². The number of alkyl halides is 3. The van der Waals surface area contributed by atoms with Crippen LogP contribution in [0.4, 0.5) is 17.6 Å². The quantitative estimate of drug-likeness (QED) is 0.792. The highest BCUT2D eigenvalue weighted by molar-refractivity contribution is 7.92. The number of hydrogen-bond acceptors (Lipinski definition) is 5. The van der Waals surface area contributed by atoms with Crippen LogP contribution in [0.1, 0.15) is 29.2 Å². The number of halogens is 4. The van der Waals surface area contributed by atoms with Crippen LogP contribution in [0.5, 0.6) is 11.5 Å². The lowest BCUT2D eigenvalue weighted by molar-refractivity contribution is -0.0437. The first kappa shape index (κ1) is 19.1. The summed E-state index contributed by atoms with van der Waals surface area (Å²) in [5, 5.41) is 18.9. The van der Waals surface area contributed by atoms with Gasteiger partial charge in [0, 0.05) is 17.2 Å². The van der Waals surface area contributed by atoms with Crippen LogP contribution in [0, 0.1) is 17.1 Å². The zero-order valence-electron chi connectivity index (χ0n) is 13.4. The monoisotopic (exact) mass is 401 g/mol. The molecule has 27 heavy (non-hydrogen) atoms. The Bertz CT molecular complexity index is 1060. The van der Waals surface area contributed by atoms with E-state index in [1.165, 1.54) is 6.07 Å². The van der Waals surface area contributed by atoms with Crippen LogP contribution in [0.2, 0.25) is 0 Å². The van der Waals surface area contributed by atoms with Gasteiger partial charge >= 0.3 is 5.51 Å². The molecule has 0 spiro atoms. The first-order valence-electron chi connectivity index (χ1n) is 7.58. The highest BCUT2D eigenvalue weighted by Gasteiger charge is 2.49. The summed E-state index contributed by atoms with van der Waals surface area (Å²) >= 11 is 0. The minimum atomic E-state index is -5.66. The number of nitrogens with zero attached hydrogens (tertiary/aromatic N) is 1. The Morgan fingerprint density at radius 3 is 2.56 bits per heavy atom. The lowest BCUT2D eigenvalue weighted by Crippen LogP contribution is -2.24. The van der Waals surface area contributed by atoms with E-state index in [2.05, 4.69) is 0 Å².